The lowest BCUT2D eigenvalue weighted by Crippen LogP contribution is -2.47. The molecule has 1 saturated heterocycles. The van der Waals surface area contributed by atoms with Crippen LogP contribution in [0.3, 0.4) is 0 Å². The number of ether oxygens (including phenoxy) is 1. The zero-order chi connectivity index (χ0) is 13.9. The first-order valence-electron chi connectivity index (χ1n) is 5.67. The van der Waals surface area contributed by atoms with E-state index in [4.69, 9.17) is 9.84 Å². The van der Waals surface area contributed by atoms with Crippen molar-refractivity contribution in [2.75, 3.05) is 0 Å². The van der Waals surface area contributed by atoms with E-state index >= 15 is 0 Å². The molecule has 2 aliphatic rings. The van der Waals surface area contributed by atoms with Crippen LogP contribution in [-0.2, 0) is 9.53 Å². The Morgan fingerprint density at radius 2 is 1.94 bits per heavy atom. The predicted molar refractivity (Wildman–Crippen MR) is 56.3 cm³/mol. The lowest BCUT2D eigenvalue weighted by molar-refractivity contribution is -0.143. The first kappa shape index (κ1) is 13.0. The summed E-state index contributed by atoms with van der Waals surface area (Å²) >= 11 is 0. The predicted octanol–water partition coefficient (Wildman–Crippen LogP) is 1.71. The van der Waals surface area contributed by atoms with E-state index in [1.54, 1.807) is 20.8 Å². The SMILES string of the molecule is CC(C)(C)OC(=O)N1[C@H]2[C@@H](C[C@H]1C(=O)O)C2(F)F. The van der Waals surface area contributed by atoms with E-state index in [1.165, 1.54) is 0 Å². The molecule has 1 saturated carbocycles. The highest BCUT2D eigenvalue weighted by Crippen LogP contribution is 2.60. The third-order valence-corrected chi connectivity index (χ3v) is 3.16. The largest absolute Gasteiger partial charge is 0.480 e. The van der Waals surface area contributed by atoms with E-state index in [0.717, 1.165) is 0 Å². The van der Waals surface area contributed by atoms with E-state index in [9.17, 15) is 18.4 Å². The van der Waals surface area contributed by atoms with Gasteiger partial charge in [-0.3, -0.25) is 4.90 Å². The molecule has 1 aliphatic heterocycles. The molecule has 5 nitrogen and oxygen atoms in total. The van der Waals surface area contributed by atoms with Gasteiger partial charge in [0.25, 0.3) is 5.92 Å². The molecule has 0 aromatic carbocycles. The van der Waals surface area contributed by atoms with Crippen molar-refractivity contribution >= 4 is 12.1 Å². The highest BCUT2D eigenvalue weighted by Gasteiger charge is 2.78. The Balaban J connectivity index is 2.17. The molecule has 3 atom stereocenters. The van der Waals surface area contributed by atoms with E-state index < -0.39 is 41.6 Å². The van der Waals surface area contributed by atoms with Crippen LogP contribution in [-0.4, -0.2) is 45.7 Å². The summed E-state index contributed by atoms with van der Waals surface area (Å²) in [5.74, 6) is -5.31. The number of piperidine rings is 1. The first-order chi connectivity index (χ1) is 8.05. The molecule has 18 heavy (non-hydrogen) atoms. The Kier molecular flexibility index (Phi) is 2.57. The van der Waals surface area contributed by atoms with Gasteiger partial charge < -0.3 is 9.84 Å². The van der Waals surface area contributed by atoms with E-state index in [1.807, 2.05) is 0 Å². The van der Waals surface area contributed by atoms with E-state index in [-0.39, 0.29) is 6.42 Å². The highest BCUT2D eigenvalue weighted by molar-refractivity contribution is 5.82. The second kappa shape index (κ2) is 3.55. The van der Waals surface area contributed by atoms with Crippen molar-refractivity contribution in [1.82, 2.24) is 4.90 Å². The minimum Gasteiger partial charge on any atom is -0.480 e. The first-order valence-corrected chi connectivity index (χ1v) is 5.67. The molecular formula is C11H15F2NO4. The van der Waals surface area contributed by atoms with Gasteiger partial charge in [0.05, 0.1) is 5.92 Å². The summed E-state index contributed by atoms with van der Waals surface area (Å²) in [6, 6.07) is -2.54. The number of amides is 1. The molecule has 102 valence electrons. The molecule has 7 heteroatoms. The van der Waals surface area contributed by atoms with Crippen molar-refractivity contribution in [2.24, 2.45) is 5.92 Å². The Labute approximate surface area is 103 Å². The van der Waals surface area contributed by atoms with E-state index in [2.05, 4.69) is 0 Å². The highest BCUT2D eigenvalue weighted by atomic mass is 19.3. The maximum absolute atomic E-state index is 13.3. The number of likely N-dealkylation sites (tertiary alicyclic amines) is 1. The Morgan fingerprint density at radius 1 is 1.39 bits per heavy atom. The van der Waals surface area contributed by atoms with Crippen LogP contribution in [0.5, 0.6) is 0 Å². The molecule has 0 unspecified atom stereocenters. The number of nitrogens with zero attached hydrogens (tertiary/aromatic N) is 1. The summed E-state index contributed by atoms with van der Waals surface area (Å²) in [7, 11) is 0. The zero-order valence-electron chi connectivity index (χ0n) is 10.3. The molecule has 2 fully saturated rings. The van der Waals surface area contributed by atoms with Crippen LogP contribution in [0.25, 0.3) is 0 Å². The van der Waals surface area contributed by atoms with Gasteiger partial charge >= 0.3 is 12.1 Å². The Morgan fingerprint density at radius 3 is 2.39 bits per heavy atom. The van der Waals surface area contributed by atoms with Gasteiger partial charge in [-0.05, 0) is 27.2 Å². The fourth-order valence-corrected chi connectivity index (χ4v) is 2.36. The maximum Gasteiger partial charge on any atom is 0.411 e. The average molecular weight is 263 g/mol. The second-order valence-corrected chi connectivity index (χ2v) is 5.70. The average Bonchev–Trinajstić information content (AvgIpc) is 2.59. The summed E-state index contributed by atoms with van der Waals surface area (Å²) < 4.78 is 31.5. The van der Waals surface area contributed by atoms with Crippen LogP contribution in [0.15, 0.2) is 0 Å². The molecule has 0 aromatic rings. The molecular weight excluding hydrogens is 248 g/mol. The molecule has 0 aromatic heterocycles. The standard InChI is InChI=1S/C11H15F2NO4/c1-10(2,3)18-9(17)14-6(8(15)16)4-5-7(14)11(5,12)13/h5-7H,4H2,1-3H3,(H,15,16)/t5-,6+,7+/m1/s1. The monoisotopic (exact) mass is 263 g/mol. The van der Waals surface area contributed by atoms with Crippen LogP contribution in [0.2, 0.25) is 0 Å². The molecule has 1 N–H and O–H groups in total. The maximum atomic E-state index is 13.3. The molecule has 0 bridgehead atoms. The molecule has 1 heterocycles. The summed E-state index contributed by atoms with van der Waals surface area (Å²) in [5.41, 5.74) is -0.845. The summed E-state index contributed by atoms with van der Waals surface area (Å²) in [6.07, 6.45) is -1.20. The van der Waals surface area contributed by atoms with Crippen LogP contribution >= 0.6 is 0 Å². The van der Waals surface area contributed by atoms with Crippen molar-refractivity contribution in [3.8, 4) is 0 Å². The van der Waals surface area contributed by atoms with Crippen molar-refractivity contribution < 1.29 is 28.2 Å². The number of carbonyl (C=O) groups is 2. The molecule has 1 amide bonds. The van der Waals surface area contributed by atoms with Crippen molar-refractivity contribution in [2.45, 2.75) is 50.8 Å². The number of rotatable bonds is 1. The zero-order valence-corrected chi connectivity index (χ0v) is 10.3. The third kappa shape index (κ3) is 1.91. The van der Waals surface area contributed by atoms with Crippen LogP contribution in [0, 0.1) is 5.92 Å². The third-order valence-electron chi connectivity index (χ3n) is 3.16. The van der Waals surface area contributed by atoms with Crippen molar-refractivity contribution in [1.29, 1.82) is 0 Å². The summed E-state index contributed by atoms with van der Waals surface area (Å²) in [4.78, 5) is 23.5. The van der Waals surface area contributed by atoms with Crippen molar-refractivity contribution in [3.05, 3.63) is 0 Å². The van der Waals surface area contributed by atoms with Crippen LogP contribution in [0.4, 0.5) is 13.6 Å². The molecule has 0 spiro atoms. The second-order valence-electron chi connectivity index (χ2n) is 5.70. The number of fused-ring (bicyclic) bond motifs is 1. The van der Waals surface area contributed by atoms with Gasteiger partial charge in [-0.25, -0.2) is 18.4 Å². The smallest absolute Gasteiger partial charge is 0.411 e. The number of carbonyl (C=O) groups excluding carboxylic acids is 1. The van der Waals surface area contributed by atoms with Gasteiger partial charge in [-0.2, -0.15) is 0 Å². The quantitative estimate of drug-likeness (QED) is 0.782. The Bertz CT molecular complexity index is 404. The van der Waals surface area contributed by atoms with Gasteiger partial charge in [-0.1, -0.05) is 0 Å². The van der Waals surface area contributed by atoms with Crippen LogP contribution < -0.4 is 0 Å². The van der Waals surface area contributed by atoms with Crippen molar-refractivity contribution in [3.63, 3.8) is 0 Å². The number of halogens is 2. The fourth-order valence-electron chi connectivity index (χ4n) is 2.36. The minimum atomic E-state index is -2.98. The minimum absolute atomic E-state index is 0.216. The topological polar surface area (TPSA) is 66.8 Å². The normalized spacial score (nSPS) is 32.9. The lowest BCUT2D eigenvalue weighted by Gasteiger charge is -2.29. The fraction of sp³-hybridized carbons (Fsp3) is 0.818. The van der Waals surface area contributed by atoms with Gasteiger partial charge in [-0.15, -0.1) is 0 Å². The van der Waals surface area contributed by atoms with Gasteiger partial charge in [0, 0.05) is 0 Å². The molecule has 2 rings (SSSR count). The van der Waals surface area contributed by atoms with Gasteiger partial charge in [0.2, 0.25) is 0 Å². The number of alkyl halides is 2. The Hall–Kier alpha value is -1.40. The number of hydrogen-bond acceptors (Lipinski definition) is 3. The van der Waals surface area contributed by atoms with Gasteiger partial charge in [0.15, 0.2) is 0 Å². The number of hydrogen-bond donors (Lipinski definition) is 1. The molecule has 1 aliphatic carbocycles. The summed E-state index contributed by atoms with van der Waals surface area (Å²) in [6.45, 7) is 4.79. The van der Waals surface area contributed by atoms with Crippen LogP contribution in [0.1, 0.15) is 27.2 Å². The number of carboxylic acids is 1. The summed E-state index contributed by atoms with van der Waals surface area (Å²) in [5, 5.41) is 8.95. The molecule has 0 radical (unpaired) electrons. The number of aliphatic carboxylic acids is 1. The lowest BCUT2D eigenvalue weighted by atomic mass is 10.1. The van der Waals surface area contributed by atoms with E-state index in [0.29, 0.717) is 4.90 Å². The van der Waals surface area contributed by atoms with Gasteiger partial charge in [0.1, 0.15) is 17.7 Å². The number of carboxylic acid groups (broad SMARTS) is 1.